The zero-order valence-corrected chi connectivity index (χ0v) is 12.3. The van der Waals surface area contributed by atoms with Crippen LogP contribution in [-0.4, -0.2) is 45.9 Å². The largest absolute Gasteiger partial charge is 0.486 e. The van der Waals surface area contributed by atoms with Gasteiger partial charge in [0, 0.05) is 33.2 Å². The summed E-state index contributed by atoms with van der Waals surface area (Å²) >= 11 is 0. The fourth-order valence-corrected chi connectivity index (χ4v) is 2.01. The molecule has 1 aliphatic heterocycles. The van der Waals surface area contributed by atoms with Gasteiger partial charge >= 0.3 is 0 Å². The molecular formula is C15H22N2O4. The maximum Gasteiger partial charge on any atom is 0.221 e. The molecule has 116 valence electrons. The first-order valence-corrected chi connectivity index (χ1v) is 7.14. The molecule has 0 saturated heterocycles. The van der Waals surface area contributed by atoms with Crippen LogP contribution in [0.25, 0.3) is 0 Å². The molecule has 0 saturated carbocycles. The molecule has 1 aromatic carbocycles. The van der Waals surface area contributed by atoms with E-state index in [1.54, 1.807) is 7.11 Å². The molecule has 0 aliphatic carbocycles. The third-order valence-corrected chi connectivity index (χ3v) is 3.09. The van der Waals surface area contributed by atoms with Crippen molar-refractivity contribution in [3.05, 3.63) is 23.8 Å². The van der Waals surface area contributed by atoms with Crippen LogP contribution in [0.4, 0.5) is 0 Å². The molecule has 0 spiro atoms. The van der Waals surface area contributed by atoms with E-state index in [0.29, 0.717) is 45.9 Å². The van der Waals surface area contributed by atoms with Crippen LogP contribution in [0.2, 0.25) is 0 Å². The number of nitrogens with one attached hydrogen (secondary N) is 2. The van der Waals surface area contributed by atoms with Crippen LogP contribution in [0.3, 0.4) is 0 Å². The molecule has 2 rings (SSSR count). The second-order valence-corrected chi connectivity index (χ2v) is 4.75. The quantitative estimate of drug-likeness (QED) is 0.691. The van der Waals surface area contributed by atoms with Gasteiger partial charge in [-0.1, -0.05) is 6.07 Å². The zero-order chi connectivity index (χ0) is 14.9. The summed E-state index contributed by atoms with van der Waals surface area (Å²) in [4.78, 5) is 11.5. The minimum atomic E-state index is 0.0294. The molecule has 0 atom stereocenters. The van der Waals surface area contributed by atoms with Gasteiger partial charge in [0.15, 0.2) is 11.5 Å². The number of fused-ring (bicyclic) bond motifs is 1. The van der Waals surface area contributed by atoms with E-state index in [0.717, 1.165) is 17.1 Å². The van der Waals surface area contributed by atoms with Gasteiger partial charge in [-0.15, -0.1) is 0 Å². The number of amides is 1. The molecule has 0 aromatic heterocycles. The third-order valence-electron chi connectivity index (χ3n) is 3.09. The van der Waals surface area contributed by atoms with Gasteiger partial charge < -0.3 is 24.8 Å². The molecule has 1 heterocycles. The lowest BCUT2D eigenvalue weighted by Crippen LogP contribution is -2.29. The summed E-state index contributed by atoms with van der Waals surface area (Å²) in [7, 11) is 1.61. The van der Waals surface area contributed by atoms with Crippen molar-refractivity contribution in [3.63, 3.8) is 0 Å². The Morgan fingerprint density at radius 2 is 2.05 bits per heavy atom. The van der Waals surface area contributed by atoms with Gasteiger partial charge in [0.05, 0.1) is 6.61 Å². The predicted molar refractivity (Wildman–Crippen MR) is 78.6 cm³/mol. The summed E-state index contributed by atoms with van der Waals surface area (Å²) in [5.41, 5.74) is 1.11. The van der Waals surface area contributed by atoms with Crippen molar-refractivity contribution < 1.29 is 19.0 Å². The standard InChI is InChI=1S/C15H22N2O4/c1-19-7-6-17-15(18)4-5-16-11-12-2-3-13-14(10-12)21-9-8-20-13/h2-3,10,16H,4-9,11H2,1H3,(H,17,18). The minimum absolute atomic E-state index is 0.0294. The molecular weight excluding hydrogens is 272 g/mol. The van der Waals surface area contributed by atoms with E-state index in [1.807, 2.05) is 18.2 Å². The Morgan fingerprint density at radius 1 is 1.24 bits per heavy atom. The topological polar surface area (TPSA) is 68.8 Å². The van der Waals surface area contributed by atoms with E-state index in [4.69, 9.17) is 14.2 Å². The predicted octanol–water partition coefficient (Wildman–Crippen LogP) is 0.700. The average molecular weight is 294 g/mol. The van der Waals surface area contributed by atoms with Gasteiger partial charge in [0.25, 0.3) is 0 Å². The van der Waals surface area contributed by atoms with E-state index in [9.17, 15) is 4.79 Å². The molecule has 1 amide bonds. The molecule has 0 bridgehead atoms. The van der Waals surface area contributed by atoms with Crippen LogP contribution >= 0.6 is 0 Å². The Morgan fingerprint density at radius 3 is 2.86 bits per heavy atom. The number of hydrogen-bond acceptors (Lipinski definition) is 5. The van der Waals surface area contributed by atoms with Crippen molar-refractivity contribution >= 4 is 5.91 Å². The first-order valence-electron chi connectivity index (χ1n) is 7.14. The number of rotatable bonds is 8. The summed E-state index contributed by atoms with van der Waals surface area (Å²) in [6, 6.07) is 5.89. The monoisotopic (exact) mass is 294 g/mol. The van der Waals surface area contributed by atoms with E-state index in [-0.39, 0.29) is 5.91 Å². The molecule has 21 heavy (non-hydrogen) atoms. The number of methoxy groups -OCH3 is 1. The maximum atomic E-state index is 11.5. The van der Waals surface area contributed by atoms with Gasteiger partial charge in [0.2, 0.25) is 5.91 Å². The second kappa shape index (κ2) is 8.49. The Balaban J connectivity index is 1.65. The van der Waals surface area contributed by atoms with Gasteiger partial charge in [-0.2, -0.15) is 0 Å². The summed E-state index contributed by atoms with van der Waals surface area (Å²) in [6.07, 6.45) is 0.453. The molecule has 1 aliphatic rings. The summed E-state index contributed by atoms with van der Waals surface area (Å²) in [5, 5.41) is 6.02. The number of hydrogen-bond donors (Lipinski definition) is 2. The molecule has 6 nitrogen and oxygen atoms in total. The summed E-state index contributed by atoms with van der Waals surface area (Å²) in [5.74, 6) is 1.61. The van der Waals surface area contributed by atoms with Crippen LogP contribution in [0.1, 0.15) is 12.0 Å². The van der Waals surface area contributed by atoms with Gasteiger partial charge in [-0.3, -0.25) is 4.79 Å². The highest BCUT2D eigenvalue weighted by Gasteiger charge is 2.11. The number of ether oxygens (including phenoxy) is 3. The smallest absolute Gasteiger partial charge is 0.221 e. The number of benzene rings is 1. The maximum absolute atomic E-state index is 11.5. The van der Waals surface area contributed by atoms with Crippen molar-refractivity contribution in [2.45, 2.75) is 13.0 Å². The van der Waals surface area contributed by atoms with Gasteiger partial charge in [0.1, 0.15) is 13.2 Å². The number of carbonyl (C=O) groups is 1. The van der Waals surface area contributed by atoms with Crippen LogP contribution in [-0.2, 0) is 16.1 Å². The van der Waals surface area contributed by atoms with Crippen LogP contribution in [0, 0.1) is 0 Å². The lowest BCUT2D eigenvalue weighted by Gasteiger charge is -2.19. The Kier molecular flexibility index (Phi) is 6.30. The average Bonchev–Trinajstić information content (AvgIpc) is 2.52. The molecule has 0 fully saturated rings. The first kappa shape index (κ1) is 15.6. The van der Waals surface area contributed by atoms with Gasteiger partial charge in [-0.05, 0) is 17.7 Å². The van der Waals surface area contributed by atoms with Crippen LogP contribution < -0.4 is 20.1 Å². The lowest BCUT2D eigenvalue weighted by molar-refractivity contribution is -0.121. The van der Waals surface area contributed by atoms with E-state index < -0.39 is 0 Å². The van der Waals surface area contributed by atoms with Crippen LogP contribution in [0.15, 0.2) is 18.2 Å². The van der Waals surface area contributed by atoms with E-state index in [2.05, 4.69) is 10.6 Å². The molecule has 2 N–H and O–H groups in total. The normalized spacial score (nSPS) is 13.0. The Bertz CT molecular complexity index is 465. The molecule has 1 aromatic rings. The highest BCUT2D eigenvalue weighted by molar-refractivity contribution is 5.76. The van der Waals surface area contributed by atoms with Crippen molar-refractivity contribution in [2.75, 3.05) is 40.0 Å². The van der Waals surface area contributed by atoms with E-state index in [1.165, 1.54) is 0 Å². The zero-order valence-electron chi connectivity index (χ0n) is 12.3. The van der Waals surface area contributed by atoms with Gasteiger partial charge in [-0.25, -0.2) is 0 Å². The van der Waals surface area contributed by atoms with Crippen LogP contribution in [0.5, 0.6) is 11.5 Å². The lowest BCUT2D eigenvalue weighted by atomic mass is 10.2. The van der Waals surface area contributed by atoms with Crippen molar-refractivity contribution in [3.8, 4) is 11.5 Å². The van der Waals surface area contributed by atoms with E-state index >= 15 is 0 Å². The highest BCUT2D eigenvalue weighted by Crippen LogP contribution is 2.30. The molecule has 6 heteroatoms. The number of carbonyl (C=O) groups excluding carboxylic acids is 1. The fraction of sp³-hybridized carbons (Fsp3) is 0.533. The first-order chi connectivity index (χ1) is 10.3. The van der Waals surface area contributed by atoms with Crippen molar-refractivity contribution in [1.82, 2.24) is 10.6 Å². The Labute approximate surface area is 124 Å². The Hall–Kier alpha value is -1.79. The van der Waals surface area contributed by atoms with Crippen molar-refractivity contribution in [1.29, 1.82) is 0 Å². The minimum Gasteiger partial charge on any atom is -0.486 e. The third kappa shape index (κ3) is 5.24. The molecule has 0 unspecified atom stereocenters. The van der Waals surface area contributed by atoms with Crippen molar-refractivity contribution in [2.24, 2.45) is 0 Å². The summed E-state index contributed by atoms with van der Waals surface area (Å²) in [6.45, 7) is 3.61. The second-order valence-electron chi connectivity index (χ2n) is 4.75. The molecule has 0 radical (unpaired) electrons. The SMILES string of the molecule is COCCNC(=O)CCNCc1ccc2c(c1)OCCO2. The highest BCUT2D eigenvalue weighted by atomic mass is 16.6. The summed E-state index contributed by atoms with van der Waals surface area (Å²) < 4.78 is 15.9. The fourth-order valence-electron chi connectivity index (χ4n) is 2.01.